The van der Waals surface area contributed by atoms with E-state index >= 15 is 0 Å². The summed E-state index contributed by atoms with van der Waals surface area (Å²) in [5.41, 5.74) is 2.68. The maximum atomic E-state index is 12.7. The molecule has 0 aromatic heterocycles. The Morgan fingerprint density at radius 3 is 2.75 bits per heavy atom. The number of piperidine rings is 1. The summed E-state index contributed by atoms with van der Waals surface area (Å²) in [6.07, 6.45) is 9.14. The molecule has 0 bridgehead atoms. The van der Waals surface area contributed by atoms with Gasteiger partial charge in [-0.1, -0.05) is 48.9 Å². The summed E-state index contributed by atoms with van der Waals surface area (Å²) in [7, 11) is 2.21. The number of aryl methyl sites for hydroxylation is 1. The molecule has 0 spiro atoms. The predicted octanol–water partition coefficient (Wildman–Crippen LogP) is 5.05. The summed E-state index contributed by atoms with van der Waals surface area (Å²) in [5.74, 6) is 1.12. The number of nitrogens with zero attached hydrogens (tertiary/aromatic N) is 1. The molecule has 2 N–H and O–H groups in total. The lowest BCUT2D eigenvalue weighted by Gasteiger charge is -2.52. The van der Waals surface area contributed by atoms with Crippen LogP contribution >= 0.6 is 0 Å². The van der Waals surface area contributed by atoms with E-state index in [2.05, 4.69) is 53.7 Å². The summed E-state index contributed by atoms with van der Waals surface area (Å²) in [6.45, 7) is 2.16. The number of carbonyl (C=O) groups excluding carboxylic acids is 1. The van der Waals surface area contributed by atoms with Crippen LogP contribution in [0.4, 0.5) is 0 Å². The van der Waals surface area contributed by atoms with Crippen LogP contribution in [0.3, 0.4) is 0 Å². The summed E-state index contributed by atoms with van der Waals surface area (Å²) in [4.78, 5) is 15.1. The number of nitrogens with one attached hydrogen (secondary N) is 1. The minimum Gasteiger partial charge on any atom is -0.508 e. The van der Waals surface area contributed by atoms with Crippen molar-refractivity contribution < 1.29 is 9.90 Å². The number of benzene rings is 2. The molecule has 1 saturated carbocycles. The third kappa shape index (κ3) is 5.53. The Morgan fingerprint density at radius 1 is 1.09 bits per heavy atom. The van der Waals surface area contributed by atoms with Crippen LogP contribution in [0.15, 0.2) is 54.6 Å². The van der Waals surface area contributed by atoms with E-state index in [0.29, 0.717) is 18.1 Å². The molecule has 1 heterocycles. The minimum atomic E-state index is 0.0527. The summed E-state index contributed by atoms with van der Waals surface area (Å²) < 4.78 is 0. The monoisotopic (exact) mass is 434 g/mol. The van der Waals surface area contributed by atoms with Crippen LogP contribution in [0.25, 0.3) is 0 Å². The van der Waals surface area contributed by atoms with Crippen LogP contribution in [0.5, 0.6) is 5.75 Å². The highest BCUT2D eigenvalue weighted by molar-refractivity contribution is 5.76. The second-order valence-corrected chi connectivity index (χ2v) is 10.0. The fraction of sp³-hybridized carbons (Fsp3) is 0.536. The number of phenols is 1. The van der Waals surface area contributed by atoms with Gasteiger partial charge in [0.05, 0.1) is 0 Å². The number of fused-ring (bicyclic) bond motifs is 1. The molecule has 32 heavy (non-hydrogen) atoms. The summed E-state index contributed by atoms with van der Waals surface area (Å²) in [5, 5.41) is 13.5. The van der Waals surface area contributed by atoms with Gasteiger partial charge in [0.15, 0.2) is 0 Å². The molecule has 1 amide bonds. The zero-order valence-electron chi connectivity index (χ0n) is 19.4. The number of hydrogen-bond donors (Lipinski definition) is 2. The zero-order chi connectivity index (χ0) is 22.4. The average Bonchev–Trinajstić information content (AvgIpc) is 2.80. The van der Waals surface area contributed by atoms with Crippen molar-refractivity contribution in [3.8, 4) is 5.75 Å². The Kier molecular flexibility index (Phi) is 7.51. The Bertz CT molecular complexity index is 884. The number of hydrogen-bond acceptors (Lipinski definition) is 3. The van der Waals surface area contributed by atoms with Crippen molar-refractivity contribution in [2.45, 2.75) is 69.2 Å². The Balaban J connectivity index is 1.30. The van der Waals surface area contributed by atoms with Crippen molar-refractivity contribution in [2.75, 3.05) is 20.1 Å². The first-order chi connectivity index (χ1) is 15.5. The second kappa shape index (κ2) is 10.5. The molecule has 2 aliphatic rings. The van der Waals surface area contributed by atoms with Crippen LogP contribution in [-0.2, 0) is 16.6 Å². The lowest BCUT2D eigenvalue weighted by molar-refractivity contribution is -0.122. The highest BCUT2D eigenvalue weighted by Crippen LogP contribution is 2.49. The van der Waals surface area contributed by atoms with Crippen molar-refractivity contribution in [3.05, 3.63) is 65.7 Å². The normalized spacial score (nSPS) is 25.8. The van der Waals surface area contributed by atoms with Crippen LogP contribution in [-0.4, -0.2) is 42.1 Å². The number of likely N-dealkylation sites (tertiary alicyclic amines) is 1. The molecule has 0 radical (unpaired) electrons. The third-order valence-electron chi connectivity index (χ3n) is 7.73. The van der Waals surface area contributed by atoms with Crippen LogP contribution < -0.4 is 5.32 Å². The number of aromatic hydroxyl groups is 1. The van der Waals surface area contributed by atoms with Gasteiger partial charge in [0.2, 0.25) is 5.91 Å². The zero-order valence-corrected chi connectivity index (χ0v) is 19.4. The fourth-order valence-corrected chi connectivity index (χ4v) is 5.99. The van der Waals surface area contributed by atoms with Crippen LogP contribution in [0, 0.1) is 5.92 Å². The van der Waals surface area contributed by atoms with Gasteiger partial charge in [-0.3, -0.25) is 4.79 Å². The van der Waals surface area contributed by atoms with Gasteiger partial charge >= 0.3 is 0 Å². The molecular formula is C28H38N2O2. The Hall–Kier alpha value is -2.33. The lowest BCUT2D eigenvalue weighted by Crippen LogP contribution is -2.55. The number of rotatable bonds is 8. The van der Waals surface area contributed by atoms with Gasteiger partial charge in [0.25, 0.3) is 0 Å². The van der Waals surface area contributed by atoms with Crippen molar-refractivity contribution in [1.29, 1.82) is 0 Å². The molecule has 1 saturated heterocycles. The van der Waals surface area contributed by atoms with Gasteiger partial charge < -0.3 is 15.3 Å². The van der Waals surface area contributed by atoms with E-state index in [1.807, 2.05) is 12.1 Å². The molecule has 3 atom stereocenters. The van der Waals surface area contributed by atoms with E-state index in [4.69, 9.17) is 0 Å². The average molecular weight is 435 g/mol. The van der Waals surface area contributed by atoms with E-state index in [-0.39, 0.29) is 17.4 Å². The van der Waals surface area contributed by atoms with Crippen molar-refractivity contribution in [1.82, 2.24) is 10.2 Å². The minimum absolute atomic E-state index is 0.0527. The van der Waals surface area contributed by atoms with Gasteiger partial charge in [0.1, 0.15) is 5.75 Å². The maximum absolute atomic E-state index is 12.7. The quantitative estimate of drug-likeness (QED) is 0.572. The van der Waals surface area contributed by atoms with E-state index < -0.39 is 0 Å². The predicted molar refractivity (Wildman–Crippen MR) is 130 cm³/mol. The molecule has 4 nitrogen and oxygen atoms in total. The first-order valence-corrected chi connectivity index (χ1v) is 12.4. The van der Waals surface area contributed by atoms with Crippen molar-refractivity contribution in [2.24, 2.45) is 5.92 Å². The lowest BCUT2D eigenvalue weighted by atomic mass is 9.58. The van der Waals surface area contributed by atoms with Gasteiger partial charge in [-0.2, -0.15) is 0 Å². The smallest absolute Gasteiger partial charge is 0.220 e. The van der Waals surface area contributed by atoms with Gasteiger partial charge in [-0.15, -0.1) is 0 Å². The fourth-order valence-electron chi connectivity index (χ4n) is 5.99. The number of amides is 1. The van der Waals surface area contributed by atoms with Gasteiger partial charge in [-0.05, 0) is 87.7 Å². The standard InChI is InChI=1S/C28H38N2O2/c1-30-18-17-28(23-12-8-13-26(31)19-23)20-25(16-15-24(28)21-30)29-27(32)14-7-3-6-11-22-9-4-2-5-10-22/h2,4-5,8-10,12-13,19,24-25,31H,3,6-7,11,14-18,20-21H2,1H3,(H,29,32). The molecule has 1 aliphatic carbocycles. The van der Waals surface area contributed by atoms with Crippen molar-refractivity contribution >= 4 is 5.91 Å². The number of carbonyl (C=O) groups is 1. The molecule has 172 valence electrons. The molecular weight excluding hydrogens is 396 g/mol. The summed E-state index contributed by atoms with van der Waals surface area (Å²) in [6, 6.07) is 18.7. The van der Waals surface area contributed by atoms with E-state index in [1.165, 1.54) is 11.1 Å². The van der Waals surface area contributed by atoms with E-state index in [0.717, 1.165) is 64.5 Å². The SMILES string of the molecule is CN1CCC2(c3cccc(O)c3)CC(NC(=O)CCCCCc3ccccc3)CCC2C1. The molecule has 2 fully saturated rings. The number of unbranched alkanes of at least 4 members (excludes halogenated alkanes) is 2. The topological polar surface area (TPSA) is 52.6 Å². The highest BCUT2D eigenvalue weighted by atomic mass is 16.3. The molecule has 3 unspecified atom stereocenters. The largest absolute Gasteiger partial charge is 0.508 e. The van der Waals surface area contributed by atoms with E-state index in [1.54, 1.807) is 6.07 Å². The Labute approximate surface area is 193 Å². The maximum Gasteiger partial charge on any atom is 0.220 e. The second-order valence-electron chi connectivity index (χ2n) is 10.0. The van der Waals surface area contributed by atoms with E-state index in [9.17, 15) is 9.90 Å². The van der Waals surface area contributed by atoms with Crippen LogP contribution in [0.2, 0.25) is 0 Å². The molecule has 4 rings (SSSR count). The van der Waals surface area contributed by atoms with Crippen molar-refractivity contribution in [3.63, 3.8) is 0 Å². The molecule has 4 heteroatoms. The summed E-state index contributed by atoms with van der Waals surface area (Å²) >= 11 is 0. The number of phenolic OH excluding ortho intramolecular Hbond substituents is 1. The highest BCUT2D eigenvalue weighted by Gasteiger charge is 2.47. The molecule has 2 aromatic carbocycles. The Morgan fingerprint density at radius 2 is 1.94 bits per heavy atom. The van der Waals surface area contributed by atoms with Crippen LogP contribution in [0.1, 0.15) is 62.5 Å². The molecule has 2 aromatic rings. The van der Waals surface area contributed by atoms with Gasteiger partial charge in [0, 0.05) is 24.4 Å². The first kappa shape index (κ1) is 22.8. The first-order valence-electron chi connectivity index (χ1n) is 12.4. The third-order valence-corrected chi connectivity index (χ3v) is 7.73. The molecule has 1 aliphatic heterocycles. The van der Waals surface area contributed by atoms with Gasteiger partial charge in [-0.25, -0.2) is 0 Å².